The van der Waals surface area contributed by atoms with E-state index in [1.165, 1.54) is 6.92 Å². The standard InChI is InChI=1S/C27H26N4O3/c1-15-11-19(8-9-21(15)27(33)34)22-14-31(17(3)23-7-5-6-10-29-23)24-12-20(13-30-26(22)24)25(16(2)28)18(4)32/h5-14,17H,28H2,1-4H3,(H,33,34)/t17-/m0/s1. The minimum absolute atomic E-state index is 0.113. The van der Waals surface area contributed by atoms with Gasteiger partial charge in [-0.25, -0.2) is 4.79 Å². The number of carboxylic acid groups (broad SMARTS) is 1. The maximum atomic E-state index is 12.3. The first-order valence-corrected chi connectivity index (χ1v) is 10.9. The highest BCUT2D eigenvalue weighted by Crippen LogP contribution is 2.35. The average molecular weight is 455 g/mol. The molecule has 3 aromatic heterocycles. The molecule has 3 heterocycles. The van der Waals surface area contributed by atoms with Gasteiger partial charge in [-0.3, -0.25) is 14.8 Å². The van der Waals surface area contributed by atoms with Crippen LogP contribution < -0.4 is 5.73 Å². The first-order chi connectivity index (χ1) is 16.2. The zero-order chi connectivity index (χ0) is 24.6. The topological polar surface area (TPSA) is 111 Å². The third-order valence-electron chi connectivity index (χ3n) is 6.01. The van der Waals surface area contributed by atoms with Crippen molar-refractivity contribution in [1.29, 1.82) is 0 Å². The number of aromatic carboxylic acids is 1. The van der Waals surface area contributed by atoms with Crippen molar-refractivity contribution in [2.45, 2.75) is 33.7 Å². The predicted octanol–water partition coefficient (Wildman–Crippen LogP) is 4.99. The van der Waals surface area contributed by atoms with E-state index in [9.17, 15) is 14.7 Å². The smallest absolute Gasteiger partial charge is 0.335 e. The van der Waals surface area contributed by atoms with Gasteiger partial charge in [0.05, 0.1) is 28.3 Å². The summed E-state index contributed by atoms with van der Waals surface area (Å²) < 4.78 is 2.08. The lowest BCUT2D eigenvalue weighted by Crippen LogP contribution is -2.08. The third kappa shape index (κ3) is 4.08. The van der Waals surface area contributed by atoms with Crippen LogP contribution >= 0.6 is 0 Å². The number of pyridine rings is 2. The van der Waals surface area contributed by atoms with Crippen LogP contribution in [0.15, 0.2) is 66.8 Å². The maximum Gasteiger partial charge on any atom is 0.335 e. The largest absolute Gasteiger partial charge is 0.478 e. The van der Waals surface area contributed by atoms with Crippen molar-refractivity contribution in [2.24, 2.45) is 5.73 Å². The van der Waals surface area contributed by atoms with E-state index in [1.54, 1.807) is 38.4 Å². The fraction of sp³-hybridized carbons (Fsp3) is 0.185. The predicted molar refractivity (Wildman–Crippen MR) is 132 cm³/mol. The Hall–Kier alpha value is -4.26. The van der Waals surface area contributed by atoms with Crippen LogP contribution in [-0.2, 0) is 4.79 Å². The lowest BCUT2D eigenvalue weighted by molar-refractivity contribution is -0.111. The summed E-state index contributed by atoms with van der Waals surface area (Å²) in [6.07, 6.45) is 5.42. The molecule has 4 rings (SSSR count). The summed E-state index contributed by atoms with van der Waals surface area (Å²) in [5.74, 6) is -1.09. The van der Waals surface area contributed by atoms with Crippen molar-refractivity contribution in [3.8, 4) is 11.1 Å². The molecule has 0 saturated heterocycles. The van der Waals surface area contributed by atoms with Gasteiger partial charge in [-0.1, -0.05) is 18.2 Å². The number of allylic oxidation sites excluding steroid dienone is 2. The second kappa shape index (κ2) is 8.94. The SMILES string of the molecule is CC(=O)C(=C(C)N)c1cnc2c(-c3ccc(C(=O)O)c(C)c3)cn([C@@H](C)c3ccccn3)c2c1. The molecule has 0 fully saturated rings. The van der Waals surface area contributed by atoms with E-state index in [-0.39, 0.29) is 17.4 Å². The van der Waals surface area contributed by atoms with Crippen LogP contribution in [0.25, 0.3) is 27.7 Å². The van der Waals surface area contributed by atoms with Crippen molar-refractivity contribution >= 4 is 28.4 Å². The molecule has 0 unspecified atom stereocenters. The van der Waals surface area contributed by atoms with E-state index in [4.69, 9.17) is 10.7 Å². The van der Waals surface area contributed by atoms with E-state index in [0.717, 1.165) is 27.9 Å². The number of hydrogen-bond donors (Lipinski definition) is 2. The van der Waals surface area contributed by atoms with E-state index >= 15 is 0 Å². The highest BCUT2D eigenvalue weighted by atomic mass is 16.4. The number of rotatable bonds is 6. The lowest BCUT2D eigenvalue weighted by Gasteiger charge is -2.15. The lowest BCUT2D eigenvalue weighted by atomic mass is 9.99. The molecule has 7 nitrogen and oxygen atoms in total. The van der Waals surface area contributed by atoms with Gasteiger partial charge >= 0.3 is 5.97 Å². The van der Waals surface area contributed by atoms with Gasteiger partial charge in [-0.2, -0.15) is 0 Å². The second-order valence-corrected chi connectivity index (χ2v) is 8.42. The summed E-state index contributed by atoms with van der Waals surface area (Å²) in [7, 11) is 0. The highest BCUT2D eigenvalue weighted by Gasteiger charge is 2.20. The molecule has 1 atom stereocenters. The Morgan fingerprint density at radius 2 is 1.85 bits per heavy atom. The Labute approximate surface area is 197 Å². The number of aryl methyl sites for hydroxylation is 1. The maximum absolute atomic E-state index is 12.3. The Morgan fingerprint density at radius 1 is 1.09 bits per heavy atom. The highest BCUT2D eigenvalue weighted by molar-refractivity contribution is 6.20. The van der Waals surface area contributed by atoms with Crippen LogP contribution in [0.5, 0.6) is 0 Å². The summed E-state index contributed by atoms with van der Waals surface area (Å²) in [6.45, 7) is 7.02. The number of carbonyl (C=O) groups is 2. The van der Waals surface area contributed by atoms with Crippen LogP contribution in [0.2, 0.25) is 0 Å². The van der Waals surface area contributed by atoms with Crippen LogP contribution in [0.4, 0.5) is 0 Å². The first-order valence-electron chi connectivity index (χ1n) is 10.9. The molecule has 0 aliphatic rings. The van der Waals surface area contributed by atoms with Gasteiger partial charge in [0.15, 0.2) is 5.78 Å². The summed E-state index contributed by atoms with van der Waals surface area (Å²) in [4.78, 5) is 33.0. The van der Waals surface area contributed by atoms with Crippen molar-refractivity contribution < 1.29 is 14.7 Å². The van der Waals surface area contributed by atoms with Crippen molar-refractivity contribution in [2.75, 3.05) is 0 Å². The zero-order valence-electron chi connectivity index (χ0n) is 19.5. The van der Waals surface area contributed by atoms with Crippen molar-refractivity contribution in [1.82, 2.24) is 14.5 Å². The molecular formula is C27H26N4O3. The number of benzene rings is 1. The summed E-state index contributed by atoms with van der Waals surface area (Å²) in [6, 6.07) is 12.9. The normalized spacial score (nSPS) is 12.9. The van der Waals surface area contributed by atoms with Gasteiger partial charge < -0.3 is 15.4 Å². The Bertz CT molecular complexity index is 1450. The van der Waals surface area contributed by atoms with Crippen molar-refractivity contribution in [3.63, 3.8) is 0 Å². The number of ketones is 1. The second-order valence-electron chi connectivity index (χ2n) is 8.42. The molecule has 0 saturated carbocycles. The van der Waals surface area contributed by atoms with Gasteiger partial charge in [0.2, 0.25) is 0 Å². The van der Waals surface area contributed by atoms with Gasteiger partial charge in [-0.15, -0.1) is 0 Å². The Morgan fingerprint density at radius 3 is 2.44 bits per heavy atom. The van der Waals surface area contributed by atoms with Gasteiger partial charge in [-0.05, 0) is 63.1 Å². The number of nitrogens with two attached hydrogens (primary N) is 1. The molecule has 7 heteroatoms. The quantitative estimate of drug-likeness (QED) is 0.397. The summed E-state index contributed by atoms with van der Waals surface area (Å²) in [5, 5.41) is 9.41. The molecule has 0 bridgehead atoms. The summed E-state index contributed by atoms with van der Waals surface area (Å²) in [5.41, 5.74) is 12.6. The molecule has 0 aliphatic heterocycles. The van der Waals surface area contributed by atoms with E-state index < -0.39 is 5.97 Å². The third-order valence-corrected chi connectivity index (χ3v) is 6.01. The van der Waals surface area contributed by atoms with Crippen LogP contribution in [0, 0.1) is 6.92 Å². The van der Waals surface area contributed by atoms with Crippen LogP contribution in [-0.4, -0.2) is 31.4 Å². The van der Waals surface area contributed by atoms with Gasteiger partial charge in [0.1, 0.15) is 0 Å². The zero-order valence-corrected chi connectivity index (χ0v) is 19.5. The first kappa shape index (κ1) is 22.9. The molecule has 0 amide bonds. The molecule has 4 aromatic rings. The molecule has 0 radical (unpaired) electrons. The van der Waals surface area contributed by atoms with E-state index in [1.807, 2.05) is 43.5 Å². The van der Waals surface area contributed by atoms with E-state index in [0.29, 0.717) is 22.4 Å². The number of Topliss-reactive ketones (excluding diaryl/α,β-unsaturated/α-hetero) is 1. The number of carboxylic acids is 1. The Kier molecular flexibility index (Phi) is 6.03. The number of hydrogen-bond acceptors (Lipinski definition) is 5. The van der Waals surface area contributed by atoms with E-state index in [2.05, 4.69) is 9.55 Å². The fourth-order valence-corrected chi connectivity index (χ4v) is 4.34. The minimum Gasteiger partial charge on any atom is -0.478 e. The molecule has 172 valence electrons. The molecule has 0 spiro atoms. The molecule has 0 aliphatic carbocycles. The molecule has 1 aromatic carbocycles. The average Bonchev–Trinajstić information content (AvgIpc) is 3.17. The monoisotopic (exact) mass is 454 g/mol. The number of carbonyl (C=O) groups excluding carboxylic acids is 1. The van der Waals surface area contributed by atoms with Crippen LogP contribution in [0.3, 0.4) is 0 Å². The number of nitrogens with zero attached hydrogens (tertiary/aromatic N) is 3. The molecule has 3 N–H and O–H groups in total. The molecular weight excluding hydrogens is 428 g/mol. The number of fused-ring (bicyclic) bond motifs is 1. The Balaban J connectivity index is 1.98. The van der Waals surface area contributed by atoms with Gasteiger partial charge in [0, 0.05) is 41.0 Å². The fourth-order valence-electron chi connectivity index (χ4n) is 4.34. The van der Waals surface area contributed by atoms with Gasteiger partial charge in [0.25, 0.3) is 0 Å². The minimum atomic E-state index is -0.960. The van der Waals surface area contributed by atoms with Crippen molar-refractivity contribution in [3.05, 3.63) is 89.1 Å². The number of aromatic nitrogens is 3. The molecule has 34 heavy (non-hydrogen) atoms. The van der Waals surface area contributed by atoms with Crippen LogP contribution in [0.1, 0.15) is 54.0 Å². The summed E-state index contributed by atoms with van der Waals surface area (Å²) >= 11 is 0.